The Morgan fingerprint density at radius 3 is 2.46 bits per heavy atom. The van der Waals surface area contributed by atoms with E-state index in [1.54, 1.807) is 31.7 Å². The molecule has 0 saturated heterocycles. The van der Waals surface area contributed by atoms with E-state index in [-0.39, 0.29) is 24.9 Å². The molecule has 1 saturated carbocycles. The topological polar surface area (TPSA) is 187 Å². The summed E-state index contributed by atoms with van der Waals surface area (Å²) in [5.74, 6) is -1.23. The largest absolute Gasteiger partial charge is 0.481 e. The van der Waals surface area contributed by atoms with E-state index in [4.69, 9.17) is 29.0 Å². The van der Waals surface area contributed by atoms with Crippen LogP contribution in [0.4, 0.5) is 5.95 Å². The first kappa shape index (κ1) is 30.7. The predicted molar refractivity (Wildman–Crippen MR) is 140 cm³/mol. The fraction of sp³-hybridized carbons (Fsp3) is 0.708. The number of ether oxygens (including phenoxy) is 3. The van der Waals surface area contributed by atoms with Gasteiger partial charge in [-0.05, 0) is 60.8 Å². The Kier molecular flexibility index (Phi) is 9.26. The number of aromatic nitrogens is 4. The highest BCUT2D eigenvalue weighted by Gasteiger charge is 2.47. The number of hydrogen-bond acceptors (Lipinski definition) is 12. The molecule has 0 aromatic carbocycles. The molecule has 0 spiro atoms. The minimum Gasteiger partial charge on any atom is -0.481 e. The number of carboxylic acids is 1. The SMILES string of the molecule is CCOc1nc(N)nc2c1ncn2CC1(OCP(=O)(OCCC(C)(C)C(=O)O)OCOC(=O)C(C)(C)C)CC1. The van der Waals surface area contributed by atoms with Crippen molar-refractivity contribution < 1.29 is 42.5 Å². The summed E-state index contributed by atoms with van der Waals surface area (Å²) >= 11 is 0. The summed E-state index contributed by atoms with van der Waals surface area (Å²) in [6.07, 6.45) is 2.55. The molecule has 39 heavy (non-hydrogen) atoms. The maximum absolute atomic E-state index is 13.6. The van der Waals surface area contributed by atoms with E-state index in [0.29, 0.717) is 37.2 Å². The first-order chi connectivity index (χ1) is 18.1. The highest BCUT2D eigenvalue weighted by molar-refractivity contribution is 7.53. The first-order valence-corrected chi connectivity index (χ1v) is 14.4. The standard InChI is InChI=1S/C24H38N5O9P/c1-7-34-18-16-17(27-21(25)28-18)29(13-26-16)12-24(8-9-24)36-15-39(33,37-11-10-23(5,6)19(30)31)38-14-35-20(32)22(2,3)4/h13H,7-12,14-15H2,1-6H3,(H,30,31)(H2,25,27,28). The van der Waals surface area contributed by atoms with Crippen molar-refractivity contribution in [2.24, 2.45) is 10.8 Å². The van der Waals surface area contributed by atoms with Gasteiger partial charge in [-0.15, -0.1) is 0 Å². The van der Waals surface area contributed by atoms with Crippen LogP contribution in [0.15, 0.2) is 6.33 Å². The number of esters is 1. The third kappa shape index (κ3) is 8.10. The van der Waals surface area contributed by atoms with Gasteiger partial charge < -0.3 is 34.1 Å². The fourth-order valence-corrected chi connectivity index (χ4v) is 4.58. The average Bonchev–Trinajstić information content (AvgIpc) is 3.49. The molecule has 0 aliphatic heterocycles. The molecule has 1 aliphatic rings. The van der Waals surface area contributed by atoms with Crippen molar-refractivity contribution in [3.05, 3.63) is 6.33 Å². The van der Waals surface area contributed by atoms with Gasteiger partial charge in [0.25, 0.3) is 0 Å². The quantitative estimate of drug-likeness (QED) is 0.179. The van der Waals surface area contributed by atoms with Gasteiger partial charge in [0.05, 0.1) is 42.5 Å². The van der Waals surface area contributed by atoms with Crippen molar-refractivity contribution in [1.29, 1.82) is 0 Å². The lowest BCUT2D eigenvalue weighted by Gasteiger charge is -2.25. The van der Waals surface area contributed by atoms with Gasteiger partial charge in [-0.3, -0.25) is 18.7 Å². The molecule has 0 bridgehead atoms. The summed E-state index contributed by atoms with van der Waals surface area (Å²) in [6.45, 7) is 9.87. The van der Waals surface area contributed by atoms with Crippen molar-refractivity contribution in [1.82, 2.24) is 19.5 Å². The summed E-state index contributed by atoms with van der Waals surface area (Å²) in [7, 11) is -3.95. The number of rotatable bonds is 15. The number of anilines is 1. The van der Waals surface area contributed by atoms with E-state index in [9.17, 15) is 19.3 Å². The molecule has 0 radical (unpaired) electrons. The zero-order chi connectivity index (χ0) is 29.1. The number of nitrogens with two attached hydrogens (primary N) is 1. The van der Waals surface area contributed by atoms with E-state index < -0.39 is 49.1 Å². The lowest BCUT2D eigenvalue weighted by atomic mass is 9.90. The third-order valence-corrected chi connectivity index (χ3v) is 7.69. The third-order valence-electron chi connectivity index (χ3n) is 6.17. The van der Waals surface area contributed by atoms with Crippen LogP contribution in [-0.2, 0) is 39.2 Å². The molecular weight excluding hydrogens is 533 g/mol. The summed E-state index contributed by atoms with van der Waals surface area (Å²) < 4.78 is 43.0. The lowest BCUT2D eigenvalue weighted by Crippen LogP contribution is -2.26. The molecule has 1 fully saturated rings. The maximum Gasteiger partial charge on any atom is 0.359 e. The Hall–Kier alpha value is -2.80. The van der Waals surface area contributed by atoms with Crippen molar-refractivity contribution in [3.8, 4) is 5.88 Å². The maximum atomic E-state index is 13.6. The number of hydrogen-bond donors (Lipinski definition) is 2. The Morgan fingerprint density at radius 2 is 1.87 bits per heavy atom. The fourth-order valence-electron chi connectivity index (χ4n) is 3.34. The van der Waals surface area contributed by atoms with Crippen LogP contribution in [0.3, 0.4) is 0 Å². The molecule has 2 aromatic heterocycles. The summed E-state index contributed by atoms with van der Waals surface area (Å²) in [5, 5.41) is 9.36. The normalized spacial score (nSPS) is 16.6. The van der Waals surface area contributed by atoms with E-state index in [1.807, 2.05) is 6.92 Å². The van der Waals surface area contributed by atoms with Crippen LogP contribution >= 0.6 is 7.60 Å². The minimum atomic E-state index is -3.95. The zero-order valence-corrected chi connectivity index (χ0v) is 24.2. The predicted octanol–water partition coefficient (Wildman–Crippen LogP) is 3.59. The van der Waals surface area contributed by atoms with E-state index >= 15 is 0 Å². The molecule has 1 atom stereocenters. The number of carbonyl (C=O) groups excluding carboxylic acids is 1. The number of fused-ring (bicyclic) bond motifs is 1. The van der Waals surface area contributed by atoms with Crippen LogP contribution in [0, 0.1) is 10.8 Å². The molecule has 1 unspecified atom stereocenters. The second kappa shape index (κ2) is 11.7. The molecule has 14 nitrogen and oxygen atoms in total. The first-order valence-electron chi connectivity index (χ1n) is 12.6. The second-order valence-corrected chi connectivity index (χ2v) is 13.1. The Balaban J connectivity index is 1.70. The van der Waals surface area contributed by atoms with E-state index in [0.717, 1.165) is 0 Å². The molecule has 0 amide bonds. The number of imidazole rings is 1. The summed E-state index contributed by atoms with van der Waals surface area (Å²) in [6, 6.07) is 0. The zero-order valence-electron chi connectivity index (χ0n) is 23.3. The Bertz CT molecular complexity index is 1240. The van der Waals surface area contributed by atoms with Gasteiger partial charge >= 0.3 is 19.5 Å². The van der Waals surface area contributed by atoms with Crippen LogP contribution in [0.5, 0.6) is 5.88 Å². The van der Waals surface area contributed by atoms with Crippen LogP contribution in [0.2, 0.25) is 0 Å². The van der Waals surface area contributed by atoms with Crippen molar-refractivity contribution >= 4 is 36.6 Å². The van der Waals surface area contributed by atoms with Crippen molar-refractivity contribution in [2.75, 3.05) is 32.1 Å². The Labute approximate surface area is 227 Å². The van der Waals surface area contributed by atoms with Crippen LogP contribution < -0.4 is 10.5 Å². The monoisotopic (exact) mass is 571 g/mol. The van der Waals surface area contributed by atoms with E-state index in [2.05, 4.69) is 15.0 Å². The molecule has 3 N–H and O–H groups in total. The number of nitrogens with zero attached hydrogens (tertiary/aromatic N) is 4. The van der Waals surface area contributed by atoms with Gasteiger partial charge in [-0.2, -0.15) is 9.97 Å². The van der Waals surface area contributed by atoms with Gasteiger partial charge in [0.1, 0.15) is 6.35 Å². The molecule has 218 valence electrons. The van der Waals surface area contributed by atoms with Gasteiger partial charge in [0.2, 0.25) is 18.6 Å². The van der Waals surface area contributed by atoms with Gasteiger partial charge in [-0.1, -0.05) is 0 Å². The number of carboxylic acid groups (broad SMARTS) is 1. The number of aliphatic carboxylic acids is 1. The molecule has 1 aliphatic carbocycles. The van der Waals surface area contributed by atoms with Gasteiger partial charge in [0, 0.05) is 0 Å². The van der Waals surface area contributed by atoms with Gasteiger partial charge in [-0.25, -0.2) is 4.98 Å². The van der Waals surface area contributed by atoms with Crippen LogP contribution in [0.25, 0.3) is 11.2 Å². The van der Waals surface area contributed by atoms with Crippen molar-refractivity contribution in [3.63, 3.8) is 0 Å². The molecule has 3 rings (SSSR count). The molecule has 15 heteroatoms. The van der Waals surface area contributed by atoms with Crippen molar-refractivity contribution in [2.45, 2.75) is 73.0 Å². The lowest BCUT2D eigenvalue weighted by molar-refractivity contribution is -0.160. The Morgan fingerprint density at radius 1 is 1.18 bits per heavy atom. The average molecular weight is 572 g/mol. The number of nitrogen functional groups attached to an aromatic ring is 1. The van der Waals surface area contributed by atoms with Gasteiger partial charge in [0.15, 0.2) is 11.2 Å². The number of carbonyl (C=O) groups is 2. The summed E-state index contributed by atoms with van der Waals surface area (Å²) in [4.78, 5) is 36.3. The molecule has 2 heterocycles. The second-order valence-electron chi connectivity index (χ2n) is 11.1. The highest BCUT2D eigenvalue weighted by atomic mass is 31.2. The smallest absolute Gasteiger partial charge is 0.359 e. The summed E-state index contributed by atoms with van der Waals surface area (Å²) in [5.41, 5.74) is 4.21. The van der Waals surface area contributed by atoms with E-state index in [1.165, 1.54) is 13.8 Å². The molecular formula is C24H38N5O9P. The minimum absolute atomic E-state index is 0.0406. The highest BCUT2D eigenvalue weighted by Crippen LogP contribution is 2.52. The molecule has 2 aromatic rings. The van der Waals surface area contributed by atoms with Crippen LogP contribution in [-0.4, -0.2) is 68.5 Å². The van der Waals surface area contributed by atoms with Crippen LogP contribution in [0.1, 0.15) is 60.8 Å².